The summed E-state index contributed by atoms with van der Waals surface area (Å²) in [6.07, 6.45) is 77.8. The third kappa shape index (κ3) is 56.5. The van der Waals surface area contributed by atoms with Crippen molar-refractivity contribution in [2.24, 2.45) is 0 Å². The van der Waals surface area contributed by atoms with Crippen LogP contribution in [-0.4, -0.2) is 99.6 Å². The maximum Gasteiger partial charge on any atom is 0.306 e. The second kappa shape index (κ2) is 69.8. The van der Waals surface area contributed by atoms with Gasteiger partial charge in [0.15, 0.2) is 12.4 Å². The zero-order chi connectivity index (χ0) is 67.4. The van der Waals surface area contributed by atoms with E-state index in [1.54, 1.807) is 6.08 Å². The van der Waals surface area contributed by atoms with Crippen molar-refractivity contribution >= 4 is 11.9 Å². The van der Waals surface area contributed by atoms with Gasteiger partial charge in [-0.2, -0.15) is 0 Å². The van der Waals surface area contributed by atoms with E-state index in [4.69, 9.17) is 14.2 Å². The molecule has 1 heterocycles. The molecule has 0 bridgehead atoms. The van der Waals surface area contributed by atoms with Crippen molar-refractivity contribution in [1.82, 2.24) is 5.32 Å². The van der Waals surface area contributed by atoms with Crippen molar-refractivity contribution in [3.05, 3.63) is 36.5 Å². The molecule has 1 rings (SSSR count). The van der Waals surface area contributed by atoms with Crippen molar-refractivity contribution in [2.75, 3.05) is 13.2 Å². The summed E-state index contributed by atoms with van der Waals surface area (Å²) >= 11 is 0. The van der Waals surface area contributed by atoms with Crippen LogP contribution in [0.5, 0.6) is 0 Å². The molecule has 1 amide bonds. The molecule has 1 aliphatic heterocycles. The summed E-state index contributed by atoms with van der Waals surface area (Å²) in [5, 5.41) is 57.5. The first-order chi connectivity index (χ1) is 45.7. The first kappa shape index (κ1) is 88.9. The first-order valence-corrected chi connectivity index (χ1v) is 40.8. The standard InChI is InChI=1S/C82H155NO10/c1-4-7-10-13-16-19-22-25-27-29-31-33-35-37-39-40-42-44-46-48-51-54-57-60-63-66-69-75(86)81(90)83-73(74(85)68-65-62-59-56-53-50-24-21-18-15-12-9-6-3)72-91-82-80(79(89)78(88)76(71-84)92-82)93-77(87)70-67-64-61-58-55-52-49-47-45-43-41-38-36-34-32-30-28-26-23-20-17-14-11-8-5-2/h17,20,26,28,65,68,73-76,78-80,82,84-86,88-89H,4-16,18-19,21-25,27,29-64,66-67,69-72H2,1-3H3,(H,83,90)/b20-17-,28-26-,68-65+. The van der Waals surface area contributed by atoms with Crippen molar-refractivity contribution in [3.8, 4) is 0 Å². The number of amides is 1. The maximum absolute atomic E-state index is 13.5. The number of aliphatic hydroxyl groups excluding tert-OH is 5. The fourth-order valence-electron chi connectivity index (χ4n) is 13.2. The van der Waals surface area contributed by atoms with Gasteiger partial charge in [0.05, 0.1) is 25.4 Å². The molecule has 1 saturated heterocycles. The third-order valence-electron chi connectivity index (χ3n) is 19.5. The summed E-state index contributed by atoms with van der Waals surface area (Å²) in [7, 11) is 0. The van der Waals surface area contributed by atoms with Gasteiger partial charge in [-0.05, 0) is 57.8 Å². The number of rotatable bonds is 72. The Kier molecular flexibility index (Phi) is 66.7. The van der Waals surface area contributed by atoms with Gasteiger partial charge in [0, 0.05) is 6.42 Å². The fraction of sp³-hybridized carbons (Fsp3) is 0.902. The third-order valence-corrected chi connectivity index (χ3v) is 19.5. The summed E-state index contributed by atoms with van der Waals surface area (Å²) in [4.78, 5) is 26.8. The predicted octanol–water partition coefficient (Wildman–Crippen LogP) is 22.1. The number of ether oxygens (including phenoxy) is 3. The molecule has 0 aromatic rings. The molecule has 1 fully saturated rings. The smallest absolute Gasteiger partial charge is 0.306 e. The van der Waals surface area contributed by atoms with E-state index in [2.05, 4.69) is 50.4 Å². The largest absolute Gasteiger partial charge is 0.454 e. The van der Waals surface area contributed by atoms with E-state index in [-0.39, 0.29) is 13.0 Å². The van der Waals surface area contributed by atoms with Crippen molar-refractivity contribution in [3.63, 3.8) is 0 Å². The second-order valence-electron chi connectivity index (χ2n) is 28.5. The van der Waals surface area contributed by atoms with E-state index in [0.29, 0.717) is 19.3 Å². The van der Waals surface area contributed by atoms with E-state index < -0.39 is 67.4 Å². The number of hydrogen-bond acceptors (Lipinski definition) is 10. The second-order valence-corrected chi connectivity index (χ2v) is 28.5. The Morgan fingerprint density at radius 2 is 0.742 bits per heavy atom. The van der Waals surface area contributed by atoms with E-state index >= 15 is 0 Å². The van der Waals surface area contributed by atoms with Crippen LogP contribution in [0.2, 0.25) is 0 Å². The Labute approximate surface area is 574 Å². The fourth-order valence-corrected chi connectivity index (χ4v) is 13.2. The number of aliphatic hydroxyl groups is 5. The number of carbonyl (C=O) groups excluding carboxylic acids is 2. The highest BCUT2D eigenvalue weighted by molar-refractivity contribution is 5.80. The summed E-state index contributed by atoms with van der Waals surface area (Å²) in [5.41, 5.74) is 0. The van der Waals surface area contributed by atoms with Gasteiger partial charge in [-0.3, -0.25) is 9.59 Å². The minimum absolute atomic E-state index is 0.127. The van der Waals surface area contributed by atoms with Crippen LogP contribution in [0.1, 0.15) is 412 Å². The lowest BCUT2D eigenvalue weighted by molar-refractivity contribution is -0.305. The lowest BCUT2D eigenvalue weighted by atomic mass is 9.99. The normalized spacial score (nSPS) is 18.0. The molecule has 0 spiro atoms. The van der Waals surface area contributed by atoms with Gasteiger partial charge in [-0.15, -0.1) is 0 Å². The molecule has 0 saturated carbocycles. The molecule has 8 atom stereocenters. The average Bonchev–Trinajstić information content (AvgIpc) is 0.843. The molecule has 8 unspecified atom stereocenters. The van der Waals surface area contributed by atoms with E-state index in [9.17, 15) is 35.1 Å². The number of nitrogens with one attached hydrogen (secondary N) is 1. The quantitative estimate of drug-likeness (QED) is 0.0195. The van der Waals surface area contributed by atoms with Crippen LogP contribution in [0.25, 0.3) is 0 Å². The molecule has 11 nitrogen and oxygen atoms in total. The highest BCUT2D eigenvalue weighted by atomic mass is 16.7. The van der Waals surface area contributed by atoms with Gasteiger partial charge in [0.25, 0.3) is 0 Å². The van der Waals surface area contributed by atoms with Crippen LogP contribution < -0.4 is 5.32 Å². The van der Waals surface area contributed by atoms with Crippen LogP contribution in [0.4, 0.5) is 0 Å². The van der Waals surface area contributed by atoms with Gasteiger partial charge in [-0.1, -0.05) is 385 Å². The molecule has 0 aromatic carbocycles. The summed E-state index contributed by atoms with van der Waals surface area (Å²) in [6, 6.07) is -1.02. The van der Waals surface area contributed by atoms with Gasteiger partial charge < -0.3 is 45.1 Å². The number of allylic oxidation sites excluding steroid dienone is 5. The van der Waals surface area contributed by atoms with Crippen LogP contribution in [0, 0.1) is 0 Å². The minimum Gasteiger partial charge on any atom is -0.454 e. The Morgan fingerprint density at radius 1 is 0.419 bits per heavy atom. The lowest BCUT2D eigenvalue weighted by Gasteiger charge is -2.41. The summed E-state index contributed by atoms with van der Waals surface area (Å²) in [6.45, 7) is 5.85. The Bertz CT molecular complexity index is 1660. The molecule has 6 N–H and O–H groups in total. The van der Waals surface area contributed by atoms with Gasteiger partial charge >= 0.3 is 5.97 Å². The zero-order valence-corrected chi connectivity index (χ0v) is 61.4. The van der Waals surface area contributed by atoms with Crippen molar-refractivity contribution in [2.45, 2.75) is 461 Å². The van der Waals surface area contributed by atoms with Gasteiger partial charge in [0.2, 0.25) is 5.91 Å². The highest BCUT2D eigenvalue weighted by Gasteiger charge is 2.47. The van der Waals surface area contributed by atoms with Crippen LogP contribution in [0.15, 0.2) is 36.5 Å². The minimum atomic E-state index is -1.61. The Morgan fingerprint density at radius 3 is 1.12 bits per heavy atom. The Hall–Kier alpha value is -2.12. The Balaban J connectivity index is 2.49. The summed E-state index contributed by atoms with van der Waals surface area (Å²) in [5.74, 6) is -1.17. The SMILES string of the molecule is CCCCC/C=C\C/C=C\CCCCCCCCCCCCCCCCCC(=O)OC1C(OCC(NC(=O)C(O)CCCCCCCCCCCCCCCCCCCCCCCCCCCC)C(O)/C=C/CCCCCCCCCCCCC)OC(CO)C(O)C1O. The maximum atomic E-state index is 13.5. The van der Waals surface area contributed by atoms with Crippen LogP contribution in [-0.2, 0) is 23.8 Å². The molecule has 0 aromatic heterocycles. The molecule has 0 aliphatic carbocycles. The van der Waals surface area contributed by atoms with Crippen molar-refractivity contribution in [1.29, 1.82) is 0 Å². The molecule has 548 valence electrons. The molecular weight excluding hydrogens is 1160 g/mol. The lowest BCUT2D eigenvalue weighted by Crippen LogP contribution is -2.61. The van der Waals surface area contributed by atoms with Gasteiger partial charge in [-0.25, -0.2) is 0 Å². The number of unbranched alkanes of at least 4 members (excludes halogenated alkanes) is 54. The van der Waals surface area contributed by atoms with E-state index in [1.165, 1.54) is 302 Å². The number of esters is 1. The number of hydrogen-bond donors (Lipinski definition) is 6. The molecule has 93 heavy (non-hydrogen) atoms. The number of carbonyl (C=O) groups is 2. The molecule has 0 radical (unpaired) electrons. The average molecular weight is 1320 g/mol. The summed E-state index contributed by atoms with van der Waals surface area (Å²) < 4.78 is 17.8. The van der Waals surface area contributed by atoms with Crippen molar-refractivity contribution < 1.29 is 49.3 Å². The van der Waals surface area contributed by atoms with Gasteiger partial charge in [0.1, 0.15) is 24.4 Å². The van der Waals surface area contributed by atoms with Crippen LogP contribution in [0.3, 0.4) is 0 Å². The highest BCUT2D eigenvalue weighted by Crippen LogP contribution is 2.27. The van der Waals surface area contributed by atoms with E-state index in [0.717, 1.165) is 64.2 Å². The first-order valence-electron chi connectivity index (χ1n) is 40.8. The zero-order valence-electron chi connectivity index (χ0n) is 61.4. The topological polar surface area (TPSA) is 175 Å². The molecule has 11 heteroatoms. The van der Waals surface area contributed by atoms with E-state index in [1.807, 2.05) is 6.08 Å². The van der Waals surface area contributed by atoms with Crippen LogP contribution >= 0.6 is 0 Å². The molecule has 1 aliphatic rings. The molecular formula is C82H155NO10. The predicted molar refractivity (Wildman–Crippen MR) is 394 cm³/mol. The monoisotopic (exact) mass is 1310 g/mol.